The molecule has 4 amide bonds. The van der Waals surface area contributed by atoms with Crippen LogP contribution >= 0.6 is 0 Å². The van der Waals surface area contributed by atoms with Crippen molar-refractivity contribution in [2.45, 2.75) is 57.8 Å². The van der Waals surface area contributed by atoms with E-state index in [2.05, 4.69) is 16.0 Å². The Morgan fingerprint density at radius 1 is 0.971 bits per heavy atom. The molecule has 0 unspecified atom stereocenters. The molecule has 0 aliphatic heterocycles. The summed E-state index contributed by atoms with van der Waals surface area (Å²) in [6, 6.07) is 5.52. The van der Waals surface area contributed by atoms with Gasteiger partial charge in [-0.2, -0.15) is 0 Å². The summed E-state index contributed by atoms with van der Waals surface area (Å²) in [5, 5.41) is 16.9. The lowest BCUT2D eigenvalue weighted by Crippen LogP contribution is -2.57. The van der Waals surface area contributed by atoms with Crippen LogP contribution in [0.4, 0.5) is 4.79 Å². The van der Waals surface area contributed by atoms with E-state index in [1.807, 2.05) is 32.0 Å². The van der Waals surface area contributed by atoms with Gasteiger partial charge in [-0.05, 0) is 24.3 Å². The predicted octanol–water partition coefficient (Wildman–Crippen LogP) is -1.29. The number of esters is 1. The number of hydrogen-bond acceptors (Lipinski definition) is 7. The highest BCUT2D eigenvalue weighted by atomic mass is 16.5. The number of nitrogens with one attached hydrogen (secondary N) is 3. The summed E-state index contributed by atoms with van der Waals surface area (Å²) >= 11 is 0. The number of rotatable bonds is 14. The Labute approximate surface area is 199 Å². The molecule has 1 aromatic carbocycles. The molecule has 0 aromatic heterocycles. The number of carbonyl (C=O) groups is 5. The average Bonchev–Trinajstić information content (AvgIpc) is 2.77. The minimum absolute atomic E-state index is 0.0303. The third-order valence-electron chi connectivity index (χ3n) is 4.72. The first-order chi connectivity index (χ1) is 16.0. The van der Waals surface area contributed by atoms with Crippen LogP contribution in [0.25, 0.3) is 0 Å². The molecule has 12 heteroatoms. The Hall–Kier alpha value is -3.41. The Morgan fingerprint density at radius 2 is 1.56 bits per heavy atom. The zero-order valence-corrected chi connectivity index (χ0v) is 19.7. The maximum Gasteiger partial charge on any atom is 0.328 e. The van der Waals surface area contributed by atoms with Gasteiger partial charge < -0.3 is 31.5 Å². The molecule has 34 heavy (non-hydrogen) atoms. The van der Waals surface area contributed by atoms with Crippen molar-refractivity contribution in [3.8, 4) is 0 Å². The van der Waals surface area contributed by atoms with Crippen LogP contribution in [0.2, 0.25) is 0 Å². The number of carbonyl (C=O) groups excluding carboxylic acids is 5. The molecule has 186 valence electrons. The van der Waals surface area contributed by atoms with Crippen molar-refractivity contribution >= 4 is 37.3 Å². The molecule has 0 radical (unpaired) electrons. The summed E-state index contributed by atoms with van der Waals surface area (Å²) < 4.78 is 5.33. The third-order valence-corrected chi connectivity index (χ3v) is 4.72. The molecule has 0 bridgehead atoms. The summed E-state index contributed by atoms with van der Waals surface area (Å²) in [5.41, 5.74) is 5.88. The fourth-order valence-corrected chi connectivity index (χ4v) is 3.05. The second-order valence-corrected chi connectivity index (χ2v) is 8.29. The zero-order valence-electron chi connectivity index (χ0n) is 19.7. The predicted molar refractivity (Wildman–Crippen MR) is 126 cm³/mol. The van der Waals surface area contributed by atoms with Gasteiger partial charge in [-0.25, -0.2) is 4.79 Å². The smallest absolute Gasteiger partial charge is 0.328 e. The Bertz CT molecular complexity index is 851. The fourth-order valence-electron chi connectivity index (χ4n) is 3.05. The topological polar surface area (TPSA) is 177 Å². The van der Waals surface area contributed by atoms with E-state index in [4.69, 9.17) is 10.5 Å². The Balaban J connectivity index is 2.82. The fraction of sp³-hybridized carbons (Fsp3) is 0.500. The maximum atomic E-state index is 12.7. The van der Waals surface area contributed by atoms with Gasteiger partial charge >= 0.3 is 5.97 Å². The van der Waals surface area contributed by atoms with E-state index in [9.17, 15) is 29.1 Å². The lowest BCUT2D eigenvalue weighted by atomic mass is 10.0. The van der Waals surface area contributed by atoms with Gasteiger partial charge in [0.1, 0.15) is 24.7 Å². The summed E-state index contributed by atoms with van der Waals surface area (Å²) in [6.45, 7) is 3.01. The standard InChI is InChI=1S/C22H33BN4O7/c1-13(2)10-16(21(32)34-12-14-6-4-3-5-7-14)25-20(31)17(11-28)26-19(30)15(27-22(23)33)8-9-18(24)29/h3-7,13,15-17,28H,8-12,23H2,1-2H3,(H2,24,29)(H,25,31)(H,26,30)(H,27,33)/t15-,16-,17-/m0/s1. The molecule has 11 nitrogen and oxygen atoms in total. The summed E-state index contributed by atoms with van der Waals surface area (Å²) in [7, 11) is 1.19. The maximum absolute atomic E-state index is 12.7. The Kier molecular flexibility index (Phi) is 12.4. The van der Waals surface area contributed by atoms with Gasteiger partial charge in [-0.1, -0.05) is 44.2 Å². The van der Waals surface area contributed by atoms with Crippen LogP contribution in [0, 0.1) is 5.92 Å². The van der Waals surface area contributed by atoms with Crippen molar-refractivity contribution in [3.05, 3.63) is 35.9 Å². The molecule has 6 N–H and O–H groups in total. The van der Waals surface area contributed by atoms with Gasteiger partial charge in [0.05, 0.1) is 6.61 Å². The van der Waals surface area contributed by atoms with E-state index in [1.54, 1.807) is 12.1 Å². The van der Waals surface area contributed by atoms with Crippen LogP contribution in [0.3, 0.4) is 0 Å². The van der Waals surface area contributed by atoms with Gasteiger partial charge in [0.25, 0.3) is 0 Å². The lowest BCUT2D eigenvalue weighted by molar-refractivity contribution is -0.150. The molecule has 0 saturated carbocycles. The first kappa shape index (κ1) is 28.6. The summed E-state index contributed by atoms with van der Waals surface area (Å²) in [6.07, 6.45) is 0.0267. The van der Waals surface area contributed by atoms with Gasteiger partial charge in [-0.15, -0.1) is 0 Å². The highest BCUT2D eigenvalue weighted by molar-refractivity contribution is 6.57. The number of primary amides is 1. The molecule has 0 aliphatic carbocycles. The van der Waals surface area contributed by atoms with E-state index >= 15 is 0 Å². The second kappa shape index (κ2) is 14.7. The molecule has 0 aliphatic rings. The molecule has 0 saturated heterocycles. The van der Waals surface area contributed by atoms with Crippen LogP contribution < -0.4 is 21.7 Å². The molecule has 1 aromatic rings. The zero-order chi connectivity index (χ0) is 25.7. The number of hydrogen-bond donors (Lipinski definition) is 5. The summed E-state index contributed by atoms with van der Waals surface area (Å²) in [5.74, 6) is -3.37. The number of benzene rings is 1. The molecule has 1 rings (SSSR count). The number of amides is 4. The van der Waals surface area contributed by atoms with Crippen LogP contribution in [0.1, 0.15) is 38.7 Å². The van der Waals surface area contributed by atoms with Crippen LogP contribution in [-0.2, 0) is 30.5 Å². The number of nitrogens with two attached hydrogens (primary N) is 1. The quantitative estimate of drug-likeness (QED) is 0.164. The monoisotopic (exact) mass is 476 g/mol. The first-order valence-corrected chi connectivity index (χ1v) is 11.0. The van der Waals surface area contributed by atoms with Crippen LogP contribution in [-0.4, -0.2) is 67.2 Å². The SMILES string of the molecule is BC(=O)N[C@@H](CCC(N)=O)C(=O)N[C@@H](CO)C(=O)N[C@@H](CC(C)C)C(=O)OCc1ccccc1. The van der Waals surface area contributed by atoms with Crippen molar-refractivity contribution in [1.82, 2.24) is 16.0 Å². The number of aliphatic hydroxyl groups excluding tert-OH is 1. The van der Waals surface area contributed by atoms with Crippen molar-refractivity contribution < 1.29 is 33.8 Å². The number of ether oxygens (including phenoxy) is 1. The van der Waals surface area contributed by atoms with Crippen molar-refractivity contribution in [2.24, 2.45) is 11.7 Å². The van der Waals surface area contributed by atoms with Gasteiger partial charge in [0, 0.05) is 6.42 Å². The van der Waals surface area contributed by atoms with Crippen LogP contribution in [0.5, 0.6) is 0 Å². The first-order valence-electron chi connectivity index (χ1n) is 11.0. The lowest BCUT2D eigenvalue weighted by Gasteiger charge is -2.24. The van der Waals surface area contributed by atoms with E-state index in [-0.39, 0.29) is 31.8 Å². The van der Waals surface area contributed by atoms with Gasteiger partial charge in [0.15, 0.2) is 5.81 Å². The van der Waals surface area contributed by atoms with E-state index in [1.165, 1.54) is 7.85 Å². The van der Waals surface area contributed by atoms with Crippen molar-refractivity contribution in [2.75, 3.05) is 6.61 Å². The summed E-state index contributed by atoms with van der Waals surface area (Å²) in [4.78, 5) is 60.4. The second-order valence-electron chi connectivity index (χ2n) is 8.29. The van der Waals surface area contributed by atoms with Gasteiger partial charge in [0.2, 0.25) is 25.6 Å². The van der Waals surface area contributed by atoms with Gasteiger partial charge in [-0.3, -0.25) is 19.2 Å². The minimum Gasteiger partial charge on any atom is -0.459 e. The largest absolute Gasteiger partial charge is 0.459 e. The normalized spacial score (nSPS) is 13.3. The van der Waals surface area contributed by atoms with Crippen molar-refractivity contribution in [3.63, 3.8) is 0 Å². The third kappa shape index (κ3) is 10.9. The highest BCUT2D eigenvalue weighted by Crippen LogP contribution is 2.09. The highest BCUT2D eigenvalue weighted by Gasteiger charge is 2.30. The van der Waals surface area contributed by atoms with E-state index < -0.39 is 54.2 Å². The molecule has 3 atom stereocenters. The average molecular weight is 476 g/mol. The van der Waals surface area contributed by atoms with Crippen LogP contribution in [0.15, 0.2) is 30.3 Å². The van der Waals surface area contributed by atoms with Crippen molar-refractivity contribution in [1.29, 1.82) is 0 Å². The molecular weight excluding hydrogens is 443 g/mol. The van der Waals surface area contributed by atoms with E-state index in [0.29, 0.717) is 0 Å². The molecule has 0 fully saturated rings. The minimum atomic E-state index is -1.39. The molecule has 0 spiro atoms. The molecule has 0 heterocycles. The van der Waals surface area contributed by atoms with E-state index in [0.717, 1.165) is 5.56 Å². The molecular formula is C22H33BN4O7. The Morgan fingerprint density at radius 3 is 2.09 bits per heavy atom. The number of aliphatic hydroxyl groups is 1.